The maximum atomic E-state index is 12.5. The van der Waals surface area contributed by atoms with Gasteiger partial charge in [-0.2, -0.15) is 0 Å². The summed E-state index contributed by atoms with van der Waals surface area (Å²) < 4.78 is 10.6. The number of carbonyl (C=O) groups is 2. The third-order valence-electron chi connectivity index (χ3n) is 4.79. The van der Waals surface area contributed by atoms with Gasteiger partial charge in [0.25, 0.3) is 5.91 Å². The van der Waals surface area contributed by atoms with Crippen molar-refractivity contribution in [2.45, 2.75) is 26.3 Å². The predicted molar refractivity (Wildman–Crippen MR) is 103 cm³/mol. The van der Waals surface area contributed by atoms with Gasteiger partial charge in [-0.15, -0.1) is 0 Å². The van der Waals surface area contributed by atoms with Gasteiger partial charge >= 0.3 is 0 Å². The lowest BCUT2D eigenvalue weighted by Crippen LogP contribution is -2.24. The normalized spacial score (nSPS) is 13.6. The maximum absolute atomic E-state index is 12.5. The fourth-order valence-electron chi connectivity index (χ4n) is 3.22. The highest BCUT2D eigenvalue weighted by atomic mass is 16.5. The lowest BCUT2D eigenvalue weighted by molar-refractivity contribution is -0.117. The van der Waals surface area contributed by atoms with Crippen molar-refractivity contribution in [3.63, 3.8) is 0 Å². The SMILES string of the molecule is COc1cc(C(=O)NCc2ccc(N3CCCC3=O)cc2)cc(OC)c1C. The van der Waals surface area contributed by atoms with E-state index >= 15 is 0 Å². The standard InChI is InChI=1S/C21H24N2O4/c1-14-18(26-2)11-16(12-19(14)27-3)21(25)22-13-15-6-8-17(9-7-15)23-10-4-5-20(23)24/h6-9,11-12H,4-5,10,13H2,1-3H3,(H,22,25). The second kappa shape index (κ2) is 8.12. The molecule has 3 rings (SSSR count). The van der Waals surface area contributed by atoms with Crippen molar-refractivity contribution in [1.82, 2.24) is 5.32 Å². The van der Waals surface area contributed by atoms with Crippen LogP contribution in [0.2, 0.25) is 0 Å². The van der Waals surface area contributed by atoms with E-state index in [9.17, 15) is 9.59 Å². The zero-order valence-electron chi connectivity index (χ0n) is 15.9. The Hall–Kier alpha value is -3.02. The Morgan fingerprint density at radius 3 is 2.26 bits per heavy atom. The Balaban J connectivity index is 1.66. The summed E-state index contributed by atoms with van der Waals surface area (Å²) in [7, 11) is 3.13. The van der Waals surface area contributed by atoms with Gasteiger partial charge in [0.1, 0.15) is 11.5 Å². The van der Waals surface area contributed by atoms with E-state index in [2.05, 4.69) is 5.32 Å². The monoisotopic (exact) mass is 368 g/mol. The van der Waals surface area contributed by atoms with E-state index in [1.807, 2.05) is 31.2 Å². The average molecular weight is 368 g/mol. The first-order valence-electron chi connectivity index (χ1n) is 8.93. The largest absolute Gasteiger partial charge is 0.496 e. The molecule has 142 valence electrons. The fourth-order valence-corrected chi connectivity index (χ4v) is 3.22. The van der Waals surface area contributed by atoms with Gasteiger partial charge in [0, 0.05) is 36.3 Å². The molecule has 1 aliphatic heterocycles. The number of anilines is 1. The minimum absolute atomic E-state index is 0.165. The Morgan fingerprint density at radius 2 is 1.74 bits per heavy atom. The maximum Gasteiger partial charge on any atom is 0.251 e. The topological polar surface area (TPSA) is 67.9 Å². The van der Waals surface area contributed by atoms with E-state index < -0.39 is 0 Å². The molecule has 6 heteroatoms. The number of benzene rings is 2. The van der Waals surface area contributed by atoms with E-state index in [4.69, 9.17) is 9.47 Å². The van der Waals surface area contributed by atoms with E-state index in [0.717, 1.165) is 29.8 Å². The van der Waals surface area contributed by atoms with Crippen molar-refractivity contribution in [2.75, 3.05) is 25.7 Å². The highest BCUT2D eigenvalue weighted by Gasteiger charge is 2.21. The average Bonchev–Trinajstić information content (AvgIpc) is 3.12. The van der Waals surface area contributed by atoms with Crippen LogP contribution in [-0.2, 0) is 11.3 Å². The number of hydrogen-bond donors (Lipinski definition) is 1. The highest BCUT2D eigenvalue weighted by molar-refractivity contribution is 5.96. The summed E-state index contributed by atoms with van der Waals surface area (Å²) in [5.41, 5.74) is 3.20. The molecular weight excluding hydrogens is 344 g/mol. The highest BCUT2D eigenvalue weighted by Crippen LogP contribution is 2.29. The molecule has 0 bridgehead atoms. The number of amides is 2. The van der Waals surface area contributed by atoms with Crippen LogP contribution in [0.15, 0.2) is 36.4 Å². The van der Waals surface area contributed by atoms with Gasteiger partial charge in [-0.05, 0) is 43.2 Å². The van der Waals surface area contributed by atoms with Crippen molar-refractivity contribution in [3.8, 4) is 11.5 Å². The Labute approximate surface area is 159 Å². The summed E-state index contributed by atoms with van der Waals surface area (Å²) in [6.07, 6.45) is 1.52. The third-order valence-corrected chi connectivity index (χ3v) is 4.79. The molecule has 0 unspecified atom stereocenters. The lowest BCUT2D eigenvalue weighted by Gasteiger charge is -2.16. The zero-order valence-corrected chi connectivity index (χ0v) is 15.9. The number of rotatable bonds is 6. The molecule has 1 heterocycles. The number of carbonyl (C=O) groups excluding carboxylic acids is 2. The molecule has 1 fully saturated rings. The Bertz CT molecular complexity index is 821. The molecule has 0 atom stereocenters. The van der Waals surface area contributed by atoms with Crippen LogP contribution in [0, 0.1) is 6.92 Å². The van der Waals surface area contributed by atoms with Crippen molar-refractivity contribution >= 4 is 17.5 Å². The third kappa shape index (κ3) is 4.05. The summed E-state index contributed by atoms with van der Waals surface area (Å²) in [6.45, 7) is 3.05. The van der Waals surface area contributed by atoms with Crippen molar-refractivity contribution in [1.29, 1.82) is 0 Å². The van der Waals surface area contributed by atoms with Gasteiger partial charge in [0.2, 0.25) is 5.91 Å². The molecule has 1 N–H and O–H groups in total. The van der Waals surface area contributed by atoms with Crippen LogP contribution in [-0.4, -0.2) is 32.6 Å². The summed E-state index contributed by atoms with van der Waals surface area (Å²) >= 11 is 0. The second-order valence-electron chi connectivity index (χ2n) is 6.50. The van der Waals surface area contributed by atoms with Gasteiger partial charge in [-0.1, -0.05) is 12.1 Å². The van der Waals surface area contributed by atoms with Crippen LogP contribution >= 0.6 is 0 Å². The number of ether oxygens (including phenoxy) is 2. The van der Waals surface area contributed by atoms with Crippen LogP contribution in [0.4, 0.5) is 5.69 Å². The van der Waals surface area contributed by atoms with Gasteiger partial charge in [-0.25, -0.2) is 0 Å². The lowest BCUT2D eigenvalue weighted by atomic mass is 10.1. The molecule has 6 nitrogen and oxygen atoms in total. The minimum atomic E-state index is -0.203. The summed E-state index contributed by atoms with van der Waals surface area (Å²) in [6, 6.07) is 11.1. The summed E-state index contributed by atoms with van der Waals surface area (Å²) in [4.78, 5) is 26.1. The van der Waals surface area contributed by atoms with Crippen LogP contribution in [0.3, 0.4) is 0 Å². The number of nitrogens with one attached hydrogen (secondary N) is 1. The smallest absolute Gasteiger partial charge is 0.251 e. The van der Waals surface area contributed by atoms with E-state index in [0.29, 0.717) is 30.0 Å². The first kappa shape index (κ1) is 18.8. The molecule has 0 aromatic heterocycles. The molecule has 0 spiro atoms. The number of nitrogens with zero attached hydrogens (tertiary/aromatic N) is 1. The van der Waals surface area contributed by atoms with Gasteiger partial charge in [0.15, 0.2) is 0 Å². The van der Waals surface area contributed by atoms with Gasteiger partial charge in [0.05, 0.1) is 14.2 Å². The molecule has 1 saturated heterocycles. The van der Waals surface area contributed by atoms with E-state index in [-0.39, 0.29) is 11.8 Å². The molecular formula is C21H24N2O4. The van der Waals surface area contributed by atoms with Gasteiger partial charge in [-0.3, -0.25) is 9.59 Å². The van der Waals surface area contributed by atoms with Crippen molar-refractivity contribution < 1.29 is 19.1 Å². The second-order valence-corrected chi connectivity index (χ2v) is 6.50. The van der Waals surface area contributed by atoms with Crippen LogP contribution in [0.1, 0.15) is 34.3 Å². The molecule has 0 radical (unpaired) electrons. The predicted octanol–water partition coefficient (Wildman–Crippen LogP) is 3.07. The Kier molecular flexibility index (Phi) is 5.64. The van der Waals surface area contributed by atoms with Crippen molar-refractivity contribution in [2.24, 2.45) is 0 Å². The molecule has 0 aliphatic carbocycles. The molecule has 2 aromatic rings. The Morgan fingerprint density at radius 1 is 1.11 bits per heavy atom. The van der Waals surface area contributed by atoms with Gasteiger partial charge < -0.3 is 19.7 Å². The fraction of sp³-hybridized carbons (Fsp3) is 0.333. The van der Waals surface area contributed by atoms with E-state index in [1.165, 1.54) is 0 Å². The molecule has 1 aliphatic rings. The number of methoxy groups -OCH3 is 2. The van der Waals surface area contributed by atoms with Crippen LogP contribution in [0.5, 0.6) is 11.5 Å². The molecule has 2 amide bonds. The first-order valence-corrected chi connectivity index (χ1v) is 8.93. The first-order chi connectivity index (χ1) is 13.0. The summed E-state index contributed by atoms with van der Waals surface area (Å²) in [5, 5.41) is 2.90. The van der Waals surface area contributed by atoms with E-state index in [1.54, 1.807) is 31.3 Å². The zero-order chi connectivity index (χ0) is 19.4. The molecule has 0 saturated carbocycles. The molecule has 2 aromatic carbocycles. The van der Waals surface area contributed by atoms with Crippen molar-refractivity contribution in [3.05, 3.63) is 53.1 Å². The number of hydrogen-bond acceptors (Lipinski definition) is 4. The van der Waals surface area contributed by atoms with Crippen LogP contribution in [0.25, 0.3) is 0 Å². The quantitative estimate of drug-likeness (QED) is 0.851. The molecule has 27 heavy (non-hydrogen) atoms. The minimum Gasteiger partial charge on any atom is -0.496 e. The summed E-state index contributed by atoms with van der Waals surface area (Å²) in [5.74, 6) is 1.18. The van der Waals surface area contributed by atoms with Crippen LogP contribution < -0.4 is 19.7 Å².